The van der Waals surface area contributed by atoms with E-state index in [0.29, 0.717) is 11.8 Å². The molecule has 1 fully saturated rings. The predicted molar refractivity (Wildman–Crippen MR) is 83.6 cm³/mol. The maximum atomic E-state index is 5.95. The minimum Gasteiger partial charge on any atom is -0.423 e. The van der Waals surface area contributed by atoms with Gasteiger partial charge in [-0.2, -0.15) is 0 Å². The lowest BCUT2D eigenvalue weighted by atomic mass is 10.1. The van der Waals surface area contributed by atoms with Crippen molar-refractivity contribution in [3.8, 4) is 0 Å². The Kier molecular flexibility index (Phi) is 4.55. The molecule has 1 aromatic carbocycles. The molecule has 2 atom stereocenters. The number of morpholine rings is 1. The second kappa shape index (κ2) is 6.58. The Morgan fingerprint density at radius 2 is 2.09 bits per heavy atom. The van der Waals surface area contributed by atoms with E-state index < -0.39 is 0 Å². The number of aromatic nitrogens is 2. The van der Waals surface area contributed by atoms with Gasteiger partial charge in [-0.3, -0.25) is 4.90 Å². The number of hydrogen-bond donors (Lipinski definition) is 0. The summed E-state index contributed by atoms with van der Waals surface area (Å²) in [5.41, 5.74) is 2.69. The normalized spacial score (nSPS) is 22.9. The first kappa shape index (κ1) is 15.2. The molecule has 0 saturated carbocycles. The van der Waals surface area contributed by atoms with Crippen LogP contribution in [0.2, 0.25) is 0 Å². The molecule has 5 heteroatoms. The van der Waals surface area contributed by atoms with Gasteiger partial charge in [0.2, 0.25) is 11.8 Å². The van der Waals surface area contributed by atoms with Crippen LogP contribution in [0.15, 0.2) is 28.7 Å². The summed E-state index contributed by atoms with van der Waals surface area (Å²) < 4.78 is 11.5. The van der Waals surface area contributed by atoms with Crippen molar-refractivity contribution < 1.29 is 9.15 Å². The van der Waals surface area contributed by atoms with Gasteiger partial charge < -0.3 is 9.15 Å². The highest BCUT2D eigenvalue weighted by Crippen LogP contribution is 2.24. The second-order valence-corrected chi connectivity index (χ2v) is 6.09. The van der Waals surface area contributed by atoms with Gasteiger partial charge in [-0.15, -0.1) is 10.2 Å². The van der Waals surface area contributed by atoms with Crippen molar-refractivity contribution >= 4 is 0 Å². The molecule has 0 spiro atoms. The third kappa shape index (κ3) is 3.72. The van der Waals surface area contributed by atoms with Crippen LogP contribution < -0.4 is 0 Å². The van der Waals surface area contributed by atoms with E-state index in [9.17, 15) is 0 Å². The number of ether oxygens (including phenoxy) is 1. The highest BCUT2D eigenvalue weighted by molar-refractivity contribution is 5.22. The van der Waals surface area contributed by atoms with Crippen molar-refractivity contribution in [2.75, 3.05) is 19.6 Å². The molecule has 5 nitrogen and oxygen atoms in total. The number of rotatable bonds is 4. The SMILES string of the molecule is Cc1cccc(CCN2C[C@@H](C)O[C@@H](c3nnc(C)o3)C2)c1. The molecule has 1 aliphatic heterocycles. The molecule has 1 saturated heterocycles. The fourth-order valence-electron chi connectivity index (χ4n) is 2.95. The first-order valence-electron chi connectivity index (χ1n) is 7.83. The van der Waals surface area contributed by atoms with Gasteiger partial charge >= 0.3 is 0 Å². The number of aryl methyl sites for hydroxylation is 2. The molecule has 0 amide bonds. The van der Waals surface area contributed by atoms with E-state index in [2.05, 4.69) is 53.2 Å². The van der Waals surface area contributed by atoms with Crippen LogP contribution in [0.4, 0.5) is 0 Å². The Hall–Kier alpha value is -1.72. The Labute approximate surface area is 131 Å². The summed E-state index contributed by atoms with van der Waals surface area (Å²) in [5.74, 6) is 1.17. The zero-order valence-electron chi connectivity index (χ0n) is 13.5. The first-order chi connectivity index (χ1) is 10.6. The molecular formula is C17H23N3O2. The molecule has 0 N–H and O–H groups in total. The second-order valence-electron chi connectivity index (χ2n) is 6.09. The van der Waals surface area contributed by atoms with E-state index in [0.717, 1.165) is 26.1 Å². The minimum absolute atomic E-state index is 0.123. The maximum absolute atomic E-state index is 5.95. The van der Waals surface area contributed by atoms with Gasteiger partial charge in [0.05, 0.1) is 6.10 Å². The molecule has 0 unspecified atom stereocenters. The fourth-order valence-corrected chi connectivity index (χ4v) is 2.95. The quantitative estimate of drug-likeness (QED) is 0.869. The monoisotopic (exact) mass is 301 g/mol. The molecule has 2 aromatic rings. The Bertz CT molecular complexity index is 626. The standard InChI is InChI=1S/C17H23N3O2/c1-12-5-4-6-15(9-12)7-8-20-10-13(2)21-16(11-20)17-19-18-14(3)22-17/h4-6,9,13,16H,7-8,10-11H2,1-3H3/t13-,16-/m1/s1. The topological polar surface area (TPSA) is 51.4 Å². The van der Waals surface area contributed by atoms with E-state index in [1.807, 2.05) is 0 Å². The fraction of sp³-hybridized carbons (Fsp3) is 0.529. The van der Waals surface area contributed by atoms with Gasteiger partial charge in [0.25, 0.3) is 0 Å². The summed E-state index contributed by atoms with van der Waals surface area (Å²) in [6.45, 7) is 8.79. The summed E-state index contributed by atoms with van der Waals surface area (Å²) in [7, 11) is 0. The molecule has 1 aromatic heterocycles. The molecule has 3 rings (SSSR count). The highest BCUT2D eigenvalue weighted by Gasteiger charge is 2.29. The van der Waals surface area contributed by atoms with Crippen molar-refractivity contribution in [3.63, 3.8) is 0 Å². The molecule has 0 radical (unpaired) electrons. The van der Waals surface area contributed by atoms with Gasteiger partial charge in [-0.05, 0) is 25.8 Å². The minimum atomic E-state index is -0.123. The van der Waals surface area contributed by atoms with E-state index in [-0.39, 0.29) is 12.2 Å². The van der Waals surface area contributed by atoms with Crippen molar-refractivity contribution in [2.45, 2.75) is 39.4 Å². The lowest BCUT2D eigenvalue weighted by molar-refractivity contribution is -0.0890. The van der Waals surface area contributed by atoms with Crippen LogP contribution in [0, 0.1) is 13.8 Å². The van der Waals surface area contributed by atoms with Crippen LogP contribution in [-0.2, 0) is 11.2 Å². The zero-order chi connectivity index (χ0) is 15.5. The highest BCUT2D eigenvalue weighted by atomic mass is 16.5. The summed E-state index contributed by atoms with van der Waals surface area (Å²) in [5, 5.41) is 8.00. The average molecular weight is 301 g/mol. The summed E-state index contributed by atoms with van der Waals surface area (Å²) in [6, 6.07) is 8.70. The smallest absolute Gasteiger partial charge is 0.246 e. The lowest BCUT2D eigenvalue weighted by Crippen LogP contribution is -2.43. The Morgan fingerprint density at radius 1 is 1.23 bits per heavy atom. The number of nitrogens with zero attached hydrogens (tertiary/aromatic N) is 3. The first-order valence-corrected chi connectivity index (χ1v) is 7.83. The van der Waals surface area contributed by atoms with Crippen molar-refractivity contribution in [1.29, 1.82) is 0 Å². The van der Waals surface area contributed by atoms with Crippen molar-refractivity contribution in [1.82, 2.24) is 15.1 Å². The van der Waals surface area contributed by atoms with Gasteiger partial charge in [0.1, 0.15) is 6.10 Å². The summed E-state index contributed by atoms with van der Waals surface area (Å²) >= 11 is 0. The van der Waals surface area contributed by atoms with Gasteiger partial charge in [-0.1, -0.05) is 29.8 Å². The maximum Gasteiger partial charge on any atom is 0.246 e. The molecule has 0 bridgehead atoms. The average Bonchev–Trinajstić information content (AvgIpc) is 2.91. The van der Waals surface area contributed by atoms with Crippen molar-refractivity contribution in [3.05, 3.63) is 47.2 Å². The van der Waals surface area contributed by atoms with Gasteiger partial charge in [0.15, 0.2) is 0 Å². The van der Waals surface area contributed by atoms with E-state index >= 15 is 0 Å². The third-order valence-electron chi connectivity index (χ3n) is 3.95. The molecular weight excluding hydrogens is 278 g/mol. The van der Waals surface area contributed by atoms with E-state index in [1.54, 1.807) is 6.92 Å². The lowest BCUT2D eigenvalue weighted by Gasteiger charge is -2.35. The molecule has 1 aliphatic rings. The van der Waals surface area contributed by atoms with Crippen LogP contribution in [0.5, 0.6) is 0 Å². The van der Waals surface area contributed by atoms with Crippen LogP contribution in [0.3, 0.4) is 0 Å². The van der Waals surface area contributed by atoms with Crippen LogP contribution in [-0.4, -0.2) is 40.8 Å². The summed E-state index contributed by atoms with van der Waals surface area (Å²) in [4.78, 5) is 2.42. The predicted octanol–water partition coefficient (Wildman–Crippen LogP) is 2.69. The van der Waals surface area contributed by atoms with Crippen LogP contribution >= 0.6 is 0 Å². The summed E-state index contributed by atoms with van der Waals surface area (Å²) in [6.07, 6.45) is 1.09. The van der Waals surface area contributed by atoms with Gasteiger partial charge in [0, 0.05) is 26.6 Å². The van der Waals surface area contributed by atoms with Crippen LogP contribution in [0.1, 0.15) is 35.9 Å². The molecule has 0 aliphatic carbocycles. The molecule has 2 heterocycles. The Balaban J connectivity index is 1.61. The van der Waals surface area contributed by atoms with Crippen molar-refractivity contribution in [2.24, 2.45) is 0 Å². The zero-order valence-corrected chi connectivity index (χ0v) is 13.5. The van der Waals surface area contributed by atoms with Gasteiger partial charge in [-0.25, -0.2) is 0 Å². The Morgan fingerprint density at radius 3 is 2.82 bits per heavy atom. The molecule has 118 valence electrons. The van der Waals surface area contributed by atoms with E-state index in [4.69, 9.17) is 9.15 Å². The third-order valence-corrected chi connectivity index (χ3v) is 3.95. The number of benzene rings is 1. The number of hydrogen-bond acceptors (Lipinski definition) is 5. The molecule has 22 heavy (non-hydrogen) atoms. The largest absolute Gasteiger partial charge is 0.423 e. The van der Waals surface area contributed by atoms with E-state index in [1.165, 1.54) is 11.1 Å². The van der Waals surface area contributed by atoms with Crippen LogP contribution in [0.25, 0.3) is 0 Å².